The number of hydrogen-bond acceptors (Lipinski definition) is 2. The average molecular weight is 196 g/mol. The molecule has 3 heteroatoms. The first-order valence-electron chi connectivity index (χ1n) is 5.68. The summed E-state index contributed by atoms with van der Waals surface area (Å²) in [6, 6.07) is 0.864. The largest absolute Gasteiger partial charge is 0.350 e. The summed E-state index contributed by atoms with van der Waals surface area (Å²) in [5.41, 5.74) is -0.383. The van der Waals surface area contributed by atoms with Gasteiger partial charge in [0.25, 0.3) is 0 Å². The van der Waals surface area contributed by atoms with E-state index in [0.29, 0.717) is 12.1 Å². The second-order valence-electron chi connectivity index (χ2n) is 5.09. The molecule has 2 rings (SSSR count). The molecule has 1 saturated heterocycles. The third-order valence-corrected chi connectivity index (χ3v) is 3.45. The van der Waals surface area contributed by atoms with Crippen molar-refractivity contribution in [2.45, 2.75) is 63.6 Å². The molecule has 2 aliphatic rings. The van der Waals surface area contributed by atoms with E-state index in [9.17, 15) is 4.79 Å². The van der Waals surface area contributed by atoms with Gasteiger partial charge in [0.1, 0.15) is 0 Å². The molecular formula is C11H20N2O. The number of piperazine rings is 1. The first-order chi connectivity index (χ1) is 6.59. The van der Waals surface area contributed by atoms with E-state index in [1.807, 2.05) is 13.8 Å². The van der Waals surface area contributed by atoms with E-state index < -0.39 is 0 Å². The Morgan fingerprint density at radius 2 is 1.79 bits per heavy atom. The molecule has 14 heavy (non-hydrogen) atoms. The highest BCUT2D eigenvalue weighted by molar-refractivity contribution is 5.86. The number of hydrogen-bond donors (Lipinski definition) is 2. The van der Waals surface area contributed by atoms with Gasteiger partial charge < -0.3 is 5.32 Å². The van der Waals surface area contributed by atoms with Gasteiger partial charge in [0.2, 0.25) is 5.91 Å². The molecule has 0 bridgehead atoms. The van der Waals surface area contributed by atoms with Crippen molar-refractivity contribution in [1.29, 1.82) is 0 Å². The lowest BCUT2D eigenvalue weighted by atomic mass is 9.91. The predicted molar refractivity (Wildman–Crippen MR) is 56.0 cm³/mol. The van der Waals surface area contributed by atoms with Gasteiger partial charge in [-0.3, -0.25) is 10.1 Å². The minimum absolute atomic E-state index is 0.153. The number of carbonyl (C=O) groups is 1. The SMILES string of the molecule is CC1(C)NC2CCCCCC2NC1=O. The summed E-state index contributed by atoms with van der Waals surface area (Å²) in [5.74, 6) is 0.153. The number of fused-ring (bicyclic) bond motifs is 1. The molecule has 0 aromatic carbocycles. The summed E-state index contributed by atoms with van der Waals surface area (Å²) in [6.07, 6.45) is 6.20. The number of amides is 1. The second-order valence-corrected chi connectivity index (χ2v) is 5.09. The normalized spacial score (nSPS) is 36.9. The lowest BCUT2D eigenvalue weighted by molar-refractivity contribution is -0.130. The number of rotatable bonds is 0. The molecule has 1 aliphatic heterocycles. The van der Waals surface area contributed by atoms with Crippen molar-refractivity contribution >= 4 is 5.91 Å². The molecule has 1 amide bonds. The summed E-state index contributed by atoms with van der Waals surface area (Å²) in [7, 11) is 0. The predicted octanol–water partition coefficient (Wildman–Crippen LogP) is 1.19. The van der Waals surface area contributed by atoms with Crippen LogP contribution in [0, 0.1) is 0 Å². The van der Waals surface area contributed by atoms with Crippen LogP contribution >= 0.6 is 0 Å². The molecule has 1 aliphatic carbocycles. The molecule has 0 aromatic heterocycles. The van der Waals surface area contributed by atoms with Crippen molar-refractivity contribution in [3.8, 4) is 0 Å². The van der Waals surface area contributed by atoms with Crippen LogP contribution in [0.3, 0.4) is 0 Å². The summed E-state index contributed by atoms with van der Waals surface area (Å²) in [5, 5.41) is 6.62. The van der Waals surface area contributed by atoms with Crippen molar-refractivity contribution in [2.24, 2.45) is 0 Å². The van der Waals surface area contributed by atoms with E-state index in [0.717, 1.165) is 6.42 Å². The van der Waals surface area contributed by atoms with Gasteiger partial charge >= 0.3 is 0 Å². The Morgan fingerprint density at radius 3 is 2.50 bits per heavy atom. The zero-order chi connectivity index (χ0) is 10.2. The standard InChI is InChI=1S/C11H20N2O/c1-11(2)10(14)12-8-6-4-3-5-7-9(8)13-11/h8-9,13H,3-7H2,1-2H3,(H,12,14). The van der Waals surface area contributed by atoms with Crippen LogP contribution in [0.5, 0.6) is 0 Å². The highest BCUT2D eigenvalue weighted by atomic mass is 16.2. The van der Waals surface area contributed by atoms with Crippen molar-refractivity contribution < 1.29 is 4.79 Å². The Hall–Kier alpha value is -0.570. The van der Waals surface area contributed by atoms with Crippen molar-refractivity contribution in [1.82, 2.24) is 10.6 Å². The van der Waals surface area contributed by atoms with Crippen LogP contribution in [0.1, 0.15) is 46.0 Å². The summed E-state index contributed by atoms with van der Waals surface area (Å²) >= 11 is 0. The van der Waals surface area contributed by atoms with Crippen LogP contribution in [0.15, 0.2) is 0 Å². The molecule has 1 saturated carbocycles. The molecule has 3 nitrogen and oxygen atoms in total. The highest BCUT2D eigenvalue weighted by Gasteiger charge is 2.40. The van der Waals surface area contributed by atoms with E-state index in [-0.39, 0.29) is 11.4 Å². The van der Waals surface area contributed by atoms with Gasteiger partial charge in [0.15, 0.2) is 0 Å². The summed E-state index contributed by atoms with van der Waals surface area (Å²) in [4.78, 5) is 11.7. The van der Waals surface area contributed by atoms with E-state index in [2.05, 4.69) is 10.6 Å². The van der Waals surface area contributed by atoms with Crippen LogP contribution in [-0.2, 0) is 4.79 Å². The Kier molecular flexibility index (Phi) is 2.52. The molecule has 0 spiro atoms. The molecule has 2 fully saturated rings. The fourth-order valence-corrected chi connectivity index (χ4v) is 2.53. The van der Waals surface area contributed by atoms with E-state index in [1.165, 1.54) is 25.7 Å². The molecule has 1 heterocycles. The topological polar surface area (TPSA) is 41.1 Å². The van der Waals surface area contributed by atoms with Crippen LogP contribution in [-0.4, -0.2) is 23.5 Å². The molecule has 80 valence electrons. The molecule has 2 N–H and O–H groups in total. The van der Waals surface area contributed by atoms with Gasteiger partial charge in [0.05, 0.1) is 5.54 Å². The first kappa shape index (κ1) is 9.97. The van der Waals surface area contributed by atoms with Crippen LogP contribution in [0.4, 0.5) is 0 Å². The maximum absolute atomic E-state index is 11.7. The molecule has 2 unspecified atom stereocenters. The lowest BCUT2D eigenvalue weighted by Gasteiger charge is -2.41. The Balaban J connectivity index is 2.10. The third-order valence-electron chi connectivity index (χ3n) is 3.45. The second kappa shape index (κ2) is 3.54. The molecule has 2 atom stereocenters. The van der Waals surface area contributed by atoms with Crippen LogP contribution < -0.4 is 10.6 Å². The monoisotopic (exact) mass is 196 g/mol. The van der Waals surface area contributed by atoms with Gasteiger partial charge in [-0.15, -0.1) is 0 Å². The zero-order valence-corrected chi connectivity index (χ0v) is 9.10. The van der Waals surface area contributed by atoms with Gasteiger partial charge in [0, 0.05) is 12.1 Å². The van der Waals surface area contributed by atoms with Gasteiger partial charge in [-0.2, -0.15) is 0 Å². The Labute approximate surface area is 85.6 Å². The Morgan fingerprint density at radius 1 is 1.14 bits per heavy atom. The van der Waals surface area contributed by atoms with Crippen molar-refractivity contribution in [2.75, 3.05) is 0 Å². The fraction of sp³-hybridized carbons (Fsp3) is 0.909. The minimum Gasteiger partial charge on any atom is -0.350 e. The van der Waals surface area contributed by atoms with Gasteiger partial charge in [-0.1, -0.05) is 19.3 Å². The van der Waals surface area contributed by atoms with Gasteiger partial charge in [-0.25, -0.2) is 0 Å². The number of carbonyl (C=O) groups excluding carboxylic acids is 1. The molecule has 0 radical (unpaired) electrons. The maximum atomic E-state index is 11.7. The smallest absolute Gasteiger partial charge is 0.240 e. The maximum Gasteiger partial charge on any atom is 0.240 e. The fourth-order valence-electron chi connectivity index (χ4n) is 2.53. The zero-order valence-electron chi connectivity index (χ0n) is 9.10. The highest BCUT2D eigenvalue weighted by Crippen LogP contribution is 2.23. The third kappa shape index (κ3) is 1.78. The molecular weight excluding hydrogens is 176 g/mol. The van der Waals surface area contributed by atoms with Crippen molar-refractivity contribution in [3.63, 3.8) is 0 Å². The summed E-state index contributed by atoms with van der Waals surface area (Å²) < 4.78 is 0. The Bertz CT molecular complexity index is 237. The van der Waals surface area contributed by atoms with Gasteiger partial charge in [-0.05, 0) is 26.7 Å². The van der Waals surface area contributed by atoms with E-state index in [1.54, 1.807) is 0 Å². The quantitative estimate of drug-likeness (QED) is 0.611. The van der Waals surface area contributed by atoms with Crippen molar-refractivity contribution in [3.05, 3.63) is 0 Å². The van der Waals surface area contributed by atoms with E-state index in [4.69, 9.17) is 0 Å². The first-order valence-corrected chi connectivity index (χ1v) is 5.68. The number of nitrogens with one attached hydrogen (secondary N) is 2. The molecule has 0 aromatic rings. The average Bonchev–Trinajstić information content (AvgIpc) is 2.30. The van der Waals surface area contributed by atoms with Crippen LogP contribution in [0.2, 0.25) is 0 Å². The van der Waals surface area contributed by atoms with E-state index >= 15 is 0 Å². The minimum atomic E-state index is -0.383. The summed E-state index contributed by atoms with van der Waals surface area (Å²) in [6.45, 7) is 3.92. The van der Waals surface area contributed by atoms with Crippen LogP contribution in [0.25, 0.3) is 0 Å². The lowest BCUT2D eigenvalue weighted by Crippen LogP contribution is -2.68.